The smallest absolute Gasteiger partial charge is 0.123 e. The highest BCUT2D eigenvalue weighted by Crippen LogP contribution is 2.33. The van der Waals surface area contributed by atoms with Crippen LogP contribution in [0.1, 0.15) is 35.3 Å². The van der Waals surface area contributed by atoms with E-state index in [-0.39, 0.29) is 12.0 Å². The van der Waals surface area contributed by atoms with E-state index < -0.39 is 0 Å². The van der Waals surface area contributed by atoms with E-state index in [2.05, 4.69) is 53.1 Å². The van der Waals surface area contributed by atoms with Gasteiger partial charge in [-0.15, -0.1) is 0 Å². The average Bonchev–Trinajstić information content (AvgIpc) is 3.14. The highest BCUT2D eigenvalue weighted by molar-refractivity contribution is 5.29. The molecule has 3 aromatic rings. The minimum absolute atomic E-state index is 0.188. The molecule has 3 aromatic carbocycles. The molecule has 1 heterocycles. The zero-order valence-corrected chi connectivity index (χ0v) is 17.7. The van der Waals surface area contributed by atoms with Gasteiger partial charge >= 0.3 is 0 Å². The molecule has 1 fully saturated rings. The van der Waals surface area contributed by atoms with E-state index in [4.69, 9.17) is 4.74 Å². The van der Waals surface area contributed by atoms with Crippen molar-refractivity contribution in [2.45, 2.75) is 33.1 Å². The Labute approximate surface area is 178 Å². The van der Waals surface area contributed by atoms with Crippen LogP contribution in [0.4, 0.5) is 4.39 Å². The van der Waals surface area contributed by atoms with Gasteiger partial charge in [0.15, 0.2) is 0 Å². The molecule has 0 spiro atoms. The van der Waals surface area contributed by atoms with Gasteiger partial charge in [-0.3, -0.25) is 9.80 Å². The molecule has 1 saturated heterocycles. The summed E-state index contributed by atoms with van der Waals surface area (Å²) < 4.78 is 18.9. The summed E-state index contributed by atoms with van der Waals surface area (Å²) in [6.07, 6.45) is 0.197. The van der Waals surface area contributed by atoms with E-state index in [9.17, 15) is 4.39 Å². The molecule has 0 aliphatic carbocycles. The van der Waals surface area contributed by atoms with E-state index in [0.29, 0.717) is 6.61 Å². The molecule has 0 radical (unpaired) electrons. The molecule has 0 aromatic heterocycles. The van der Waals surface area contributed by atoms with E-state index >= 15 is 0 Å². The van der Waals surface area contributed by atoms with Crippen LogP contribution < -0.4 is 4.74 Å². The van der Waals surface area contributed by atoms with Gasteiger partial charge in [-0.2, -0.15) is 0 Å². The number of ether oxygens (including phenoxy) is 1. The molecule has 4 heteroatoms. The number of hydrogen-bond acceptors (Lipinski definition) is 3. The van der Waals surface area contributed by atoms with Gasteiger partial charge in [0.1, 0.15) is 11.6 Å². The highest BCUT2D eigenvalue weighted by Gasteiger charge is 2.33. The summed E-state index contributed by atoms with van der Waals surface area (Å²) in [5.41, 5.74) is 4.97. The molecule has 156 valence electrons. The molecule has 0 unspecified atom stereocenters. The van der Waals surface area contributed by atoms with Crippen LogP contribution in [-0.2, 0) is 13.1 Å². The lowest BCUT2D eigenvalue weighted by Crippen LogP contribution is -2.30. The molecule has 0 amide bonds. The van der Waals surface area contributed by atoms with Crippen molar-refractivity contribution in [1.82, 2.24) is 9.80 Å². The largest absolute Gasteiger partial charge is 0.494 e. The van der Waals surface area contributed by atoms with E-state index in [1.165, 1.54) is 16.7 Å². The average molecular weight is 405 g/mol. The first-order chi connectivity index (χ1) is 14.6. The van der Waals surface area contributed by atoms with Gasteiger partial charge < -0.3 is 4.74 Å². The summed E-state index contributed by atoms with van der Waals surface area (Å²) >= 11 is 0. The molecule has 1 aliphatic rings. The Hall–Kier alpha value is -2.69. The van der Waals surface area contributed by atoms with Gasteiger partial charge in [-0.1, -0.05) is 54.1 Å². The van der Waals surface area contributed by atoms with Crippen molar-refractivity contribution < 1.29 is 9.13 Å². The molecular weight excluding hydrogens is 375 g/mol. The maximum Gasteiger partial charge on any atom is 0.123 e. The van der Waals surface area contributed by atoms with Crippen LogP contribution in [0, 0.1) is 12.7 Å². The Morgan fingerprint density at radius 2 is 1.33 bits per heavy atom. The van der Waals surface area contributed by atoms with Crippen LogP contribution in [0.2, 0.25) is 0 Å². The van der Waals surface area contributed by atoms with Crippen molar-refractivity contribution in [2.75, 3.05) is 19.7 Å². The third-order valence-corrected chi connectivity index (χ3v) is 5.66. The fourth-order valence-corrected chi connectivity index (χ4v) is 4.14. The van der Waals surface area contributed by atoms with Gasteiger partial charge in [0.2, 0.25) is 0 Å². The summed E-state index contributed by atoms with van der Waals surface area (Å²) in [6.45, 7) is 8.45. The maximum atomic E-state index is 13.3. The SMILES string of the molecule is CCOc1ccc(CN2CCN(Cc3ccc(F)cc3)[C@H]2c2ccc(C)cc2)cc1. The molecule has 3 nitrogen and oxygen atoms in total. The van der Waals surface area contributed by atoms with E-state index in [1.807, 2.05) is 31.2 Å². The third kappa shape index (κ3) is 4.89. The molecular formula is C26H29FN2O. The zero-order valence-electron chi connectivity index (χ0n) is 17.7. The summed E-state index contributed by atoms with van der Waals surface area (Å²) in [5, 5.41) is 0. The number of nitrogens with zero attached hydrogens (tertiary/aromatic N) is 2. The Bertz CT molecular complexity index is 938. The third-order valence-electron chi connectivity index (χ3n) is 5.66. The number of hydrogen-bond donors (Lipinski definition) is 0. The van der Waals surface area contributed by atoms with Crippen LogP contribution in [-0.4, -0.2) is 29.5 Å². The number of benzene rings is 3. The summed E-state index contributed by atoms with van der Waals surface area (Å²) in [7, 11) is 0. The Kier molecular flexibility index (Phi) is 6.46. The highest BCUT2D eigenvalue weighted by atomic mass is 19.1. The zero-order chi connectivity index (χ0) is 20.9. The Morgan fingerprint density at radius 1 is 0.800 bits per heavy atom. The van der Waals surface area contributed by atoms with E-state index in [0.717, 1.165) is 37.5 Å². The van der Waals surface area contributed by atoms with Crippen molar-refractivity contribution in [3.63, 3.8) is 0 Å². The maximum absolute atomic E-state index is 13.3. The Balaban J connectivity index is 1.55. The van der Waals surface area contributed by atoms with Crippen molar-refractivity contribution in [1.29, 1.82) is 0 Å². The first kappa shape index (κ1) is 20.6. The lowest BCUT2D eigenvalue weighted by atomic mass is 10.1. The fraction of sp³-hybridized carbons (Fsp3) is 0.308. The van der Waals surface area contributed by atoms with Crippen LogP contribution >= 0.6 is 0 Å². The van der Waals surface area contributed by atoms with Crippen LogP contribution in [0.15, 0.2) is 72.8 Å². The fourth-order valence-electron chi connectivity index (χ4n) is 4.14. The Morgan fingerprint density at radius 3 is 1.87 bits per heavy atom. The van der Waals surface area contributed by atoms with E-state index in [1.54, 1.807) is 12.1 Å². The first-order valence-electron chi connectivity index (χ1n) is 10.6. The molecule has 0 bridgehead atoms. The number of aryl methyl sites for hydroxylation is 1. The molecule has 30 heavy (non-hydrogen) atoms. The van der Waals surface area contributed by atoms with Crippen LogP contribution in [0.5, 0.6) is 5.75 Å². The van der Waals surface area contributed by atoms with Crippen molar-refractivity contribution in [3.05, 3.63) is 101 Å². The normalized spacial score (nSPS) is 17.4. The molecule has 0 saturated carbocycles. The van der Waals surface area contributed by atoms with Crippen LogP contribution in [0.3, 0.4) is 0 Å². The minimum Gasteiger partial charge on any atom is -0.494 e. The van der Waals surface area contributed by atoms with Gasteiger partial charge in [0, 0.05) is 26.2 Å². The summed E-state index contributed by atoms with van der Waals surface area (Å²) in [4.78, 5) is 5.00. The topological polar surface area (TPSA) is 15.7 Å². The summed E-state index contributed by atoms with van der Waals surface area (Å²) in [6, 6.07) is 24.1. The van der Waals surface area contributed by atoms with Crippen molar-refractivity contribution >= 4 is 0 Å². The lowest BCUT2D eigenvalue weighted by molar-refractivity contribution is 0.126. The monoisotopic (exact) mass is 404 g/mol. The second-order valence-corrected chi connectivity index (χ2v) is 7.93. The summed E-state index contributed by atoms with van der Waals surface area (Å²) in [5.74, 6) is 0.725. The number of rotatable bonds is 7. The minimum atomic E-state index is -0.188. The second kappa shape index (κ2) is 9.41. The first-order valence-corrected chi connectivity index (χ1v) is 10.6. The van der Waals surface area contributed by atoms with Gasteiger partial charge in [0.25, 0.3) is 0 Å². The van der Waals surface area contributed by atoms with Crippen molar-refractivity contribution in [3.8, 4) is 5.75 Å². The lowest BCUT2D eigenvalue weighted by Gasteiger charge is -2.31. The quantitative estimate of drug-likeness (QED) is 0.513. The predicted molar refractivity (Wildman–Crippen MR) is 119 cm³/mol. The standard InChI is InChI=1S/C26H29FN2O/c1-3-30-25-14-8-22(9-15-25)19-29-17-16-28(18-21-6-12-24(27)13-7-21)26(29)23-10-4-20(2)5-11-23/h4-15,26H,3,16-19H2,1-2H3/t26-/m1/s1. The second-order valence-electron chi connectivity index (χ2n) is 7.93. The predicted octanol–water partition coefficient (Wildman–Crippen LogP) is 5.55. The molecule has 1 atom stereocenters. The van der Waals surface area contributed by atoms with Gasteiger partial charge in [-0.05, 0) is 54.8 Å². The molecule has 1 aliphatic heterocycles. The molecule has 4 rings (SSSR count). The van der Waals surface area contributed by atoms with Gasteiger partial charge in [-0.25, -0.2) is 4.39 Å². The van der Waals surface area contributed by atoms with Crippen molar-refractivity contribution in [2.24, 2.45) is 0 Å². The van der Waals surface area contributed by atoms with Crippen LogP contribution in [0.25, 0.3) is 0 Å². The van der Waals surface area contributed by atoms with Gasteiger partial charge in [0.05, 0.1) is 12.8 Å². The number of halogens is 1. The molecule has 0 N–H and O–H groups in total.